The smallest absolute Gasteiger partial charge is 0.273 e. The van der Waals surface area contributed by atoms with Crippen LogP contribution in [0.1, 0.15) is 28.9 Å². The third-order valence-electron chi connectivity index (χ3n) is 5.73. The number of nitrogens with one attached hydrogen (secondary N) is 1. The Balaban J connectivity index is 1.26. The van der Waals surface area contributed by atoms with E-state index in [4.69, 9.17) is 25.6 Å². The summed E-state index contributed by atoms with van der Waals surface area (Å²) in [7, 11) is 2.13. The van der Waals surface area contributed by atoms with Gasteiger partial charge in [-0.25, -0.2) is 0 Å². The van der Waals surface area contributed by atoms with E-state index >= 15 is 0 Å². The number of nitrogens with zero attached hydrogens (tertiary/aromatic N) is 2. The summed E-state index contributed by atoms with van der Waals surface area (Å²) in [5.74, 6) is 0.965. The Hall–Kier alpha value is -2.87. The maximum atomic E-state index is 12.5. The SMILES string of the molecule is CN(CCOc1cccc(CNC(=O)c2cc(-c3cccc(Cl)c3)on2)c1)C1CCOCC1. The first-order valence-corrected chi connectivity index (χ1v) is 11.5. The predicted molar refractivity (Wildman–Crippen MR) is 127 cm³/mol. The van der Waals surface area contributed by atoms with E-state index in [9.17, 15) is 4.79 Å². The zero-order valence-electron chi connectivity index (χ0n) is 18.6. The van der Waals surface area contributed by atoms with Crippen LogP contribution in [0.3, 0.4) is 0 Å². The topological polar surface area (TPSA) is 76.8 Å². The highest BCUT2D eigenvalue weighted by Crippen LogP contribution is 2.23. The van der Waals surface area contributed by atoms with Crippen LogP contribution in [-0.4, -0.2) is 55.4 Å². The number of benzene rings is 2. The molecule has 3 aromatic rings. The van der Waals surface area contributed by atoms with Gasteiger partial charge in [0.25, 0.3) is 5.91 Å². The second-order valence-corrected chi connectivity index (χ2v) is 8.53. The zero-order valence-corrected chi connectivity index (χ0v) is 19.4. The van der Waals surface area contributed by atoms with Crippen LogP contribution in [0.2, 0.25) is 5.02 Å². The molecule has 2 aromatic carbocycles. The lowest BCUT2D eigenvalue weighted by Crippen LogP contribution is -2.38. The van der Waals surface area contributed by atoms with E-state index in [1.54, 1.807) is 18.2 Å². The molecule has 1 aliphatic heterocycles. The standard InChI is InChI=1S/C25H28ClN3O4/c1-29(21-8-11-31-12-9-21)10-13-32-22-7-2-4-18(14-22)17-27-25(30)23-16-24(33-28-23)19-5-3-6-20(26)15-19/h2-7,14-16,21H,8-13,17H2,1H3,(H,27,30). The molecule has 1 amide bonds. The van der Waals surface area contributed by atoms with Crippen molar-refractivity contribution in [3.05, 3.63) is 70.9 Å². The second-order valence-electron chi connectivity index (χ2n) is 8.09. The summed E-state index contributed by atoms with van der Waals surface area (Å²) >= 11 is 6.02. The Bertz CT molecular complexity index is 1070. The summed E-state index contributed by atoms with van der Waals surface area (Å²) < 4.78 is 16.7. The molecule has 33 heavy (non-hydrogen) atoms. The average Bonchev–Trinajstić information content (AvgIpc) is 3.34. The largest absolute Gasteiger partial charge is 0.492 e. The van der Waals surface area contributed by atoms with Crippen LogP contribution in [-0.2, 0) is 11.3 Å². The van der Waals surface area contributed by atoms with Crippen molar-refractivity contribution in [1.29, 1.82) is 0 Å². The van der Waals surface area contributed by atoms with Gasteiger partial charge in [-0.2, -0.15) is 0 Å². The molecule has 2 heterocycles. The van der Waals surface area contributed by atoms with Gasteiger partial charge in [0.1, 0.15) is 12.4 Å². The normalized spacial score (nSPS) is 14.4. The number of amides is 1. The van der Waals surface area contributed by atoms with Gasteiger partial charge in [-0.1, -0.05) is 41.0 Å². The van der Waals surface area contributed by atoms with E-state index in [0.717, 1.165) is 49.5 Å². The van der Waals surface area contributed by atoms with Crippen LogP contribution in [0, 0.1) is 0 Å². The molecule has 1 N–H and O–H groups in total. The maximum absolute atomic E-state index is 12.5. The van der Waals surface area contributed by atoms with E-state index in [-0.39, 0.29) is 11.6 Å². The summed E-state index contributed by atoms with van der Waals surface area (Å²) in [5, 5.41) is 7.34. The van der Waals surface area contributed by atoms with Gasteiger partial charge in [0.15, 0.2) is 11.5 Å². The first kappa shape index (κ1) is 23.3. The molecular formula is C25H28ClN3O4. The highest BCUT2D eigenvalue weighted by atomic mass is 35.5. The van der Waals surface area contributed by atoms with Crippen molar-refractivity contribution >= 4 is 17.5 Å². The maximum Gasteiger partial charge on any atom is 0.273 e. The third-order valence-corrected chi connectivity index (χ3v) is 5.97. The number of ether oxygens (including phenoxy) is 2. The van der Waals surface area contributed by atoms with Crippen LogP contribution in [0.4, 0.5) is 0 Å². The number of likely N-dealkylation sites (N-methyl/N-ethyl adjacent to an activating group) is 1. The fourth-order valence-corrected chi connectivity index (χ4v) is 3.98. The first-order valence-electron chi connectivity index (χ1n) is 11.1. The first-order chi connectivity index (χ1) is 16.1. The van der Waals surface area contributed by atoms with Gasteiger partial charge < -0.3 is 19.3 Å². The number of aromatic nitrogens is 1. The summed E-state index contributed by atoms with van der Waals surface area (Å²) in [4.78, 5) is 14.8. The Labute approximate surface area is 198 Å². The monoisotopic (exact) mass is 469 g/mol. The fraction of sp³-hybridized carbons (Fsp3) is 0.360. The summed E-state index contributed by atoms with van der Waals surface area (Å²) in [6.07, 6.45) is 2.13. The summed E-state index contributed by atoms with van der Waals surface area (Å²) in [6.45, 7) is 3.48. The Kier molecular flexibility index (Phi) is 7.99. The van der Waals surface area contributed by atoms with E-state index in [1.807, 2.05) is 36.4 Å². The lowest BCUT2D eigenvalue weighted by Gasteiger charge is -2.31. The van der Waals surface area contributed by atoms with Gasteiger partial charge >= 0.3 is 0 Å². The molecular weight excluding hydrogens is 442 g/mol. The molecule has 0 bridgehead atoms. The van der Waals surface area contributed by atoms with E-state index in [2.05, 4.69) is 22.4 Å². The average molecular weight is 470 g/mol. The molecule has 0 unspecified atom stereocenters. The minimum atomic E-state index is -0.309. The lowest BCUT2D eigenvalue weighted by molar-refractivity contribution is 0.0392. The van der Waals surface area contributed by atoms with Gasteiger partial charge in [-0.3, -0.25) is 9.69 Å². The van der Waals surface area contributed by atoms with Crippen molar-refractivity contribution in [2.45, 2.75) is 25.4 Å². The van der Waals surface area contributed by atoms with Crippen molar-refractivity contribution in [3.63, 3.8) is 0 Å². The van der Waals surface area contributed by atoms with Gasteiger partial charge in [0.2, 0.25) is 0 Å². The molecule has 1 fully saturated rings. The number of hydrogen-bond donors (Lipinski definition) is 1. The number of hydrogen-bond acceptors (Lipinski definition) is 6. The lowest BCUT2D eigenvalue weighted by atomic mass is 10.1. The van der Waals surface area contributed by atoms with Gasteiger partial charge in [0.05, 0.1) is 0 Å². The van der Waals surface area contributed by atoms with Gasteiger partial charge in [-0.05, 0) is 49.7 Å². The summed E-state index contributed by atoms with van der Waals surface area (Å²) in [6, 6.07) is 17.1. The Morgan fingerprint density at radius 3 is 2.82 bits per heavy atom. The fourth-order valence-electron chi connectivity index (χ4n) is 3.79. The minimum Gasteiger partial charge on any atom is -0.492 e. The van der Waals surface area contributed by atoms with Crippen LogP contribution in [0.5, 0.6) is 5.75 Å². The number of carbonyl (C=O) groups excluding carboxylic acids is 1. The van der Waals surface area contributed by atoms with Gasteiger partial charge in [0, 0.05) is 49.0 Å². The Morgan fingerprint density at radius 1 is 1.18 bits per heavy atom. The molecule has 0 aliphatic carbocycles. The summed E-state index contributed by atoms with van der Waals surface area (Å²) in [5.41, 5.74) is 1.92. The molecule has 1 saturated heterocycles. The zero-order chi connectivity index (χ0) is 23.0. The van der Waals surface area contributed by atoms with Crippen LogP contribution < -0.4 is 10.1 Å². The van der Waals surface area contributed by atoms with E-state index < -0.39 is 0 Å². The highest BCUT2D eigenvalue weighted by Gasteiger charge is 2.18. The number of rotatable bonds is 9. The molecule has 0 atom stereocenters. The molecule has 7 nitrogen and oxygen atoms in total. The number of halogens is 1. The predicted octanol–water partition coefficient (Wildman–Crippen LogP) is 4.41. The van der Waals surface area contributed by atoms with Crippen LogP contribution in [0.15, 0.2) is 59.1 Å². The molecule has 4 rings (SSSR count). The molecule has 0 saturated carbocycles. The van der Waals surface area contributed by atoms with Crippen molar-refractivity contribution in [3.8, 4) is 17.1 Å². The molecule has 174 valence electrons. The molecule has 1 aliphatic rings. The van der Waals surface area contributed by atoms with Crippen molar-refractivity contribution in [2.24, 2.45) is 0 Å². The molecule has 0 spiro atoms. The second kappa shape index (κ2) is 11.3. The van der Waals surface area contributed by atoms with E-state index in [0.29, 0.717) is 30.0 Å². The van der Waals surface area contributed by atoms with E-state index in [1.165, 1.54) is 0 Å². The highest BCUT2D eigenvalue weighted by molar-refractivity contribution is 6.30. The van der Waals surface area contributed by atoms with Crippen LogP contribution in [0.25, 0.3) is 11.3 Å². The molecule has 1 aromatic heterocycles. The van der Waals surface area contributed by atoms with Crippen molar-refractivity contribution in [2.75, 3.05) is 33.4 Å². The number of carbonyl (C=O) groups is 1. The van der Waals surface area contributed by atoms with Crippen molar-refractivity contribution < 1.29 is 18.8 Å². The minimum absolute atomic E-state index is 0.216. The Morgan fingerprint density at radius 2 is 2.00 bits per heavy atom. The van der Waals surface area contributed by atoms with Crippen LogP contribution >= 0.6 is 11.6 Å². The van der Waals surface area contributed by atoms with Gasteiger partial charge in [-0.15, -0.1) is 0 Å². The third kappa shape index (κ3) is 6.57. The van der Waals surface area contributed by atoms with Crippen molar-refractivity contribution in [1.82, 2.24) is 15.4 Å². The molecule has 0 radical (unpaired) electrons. The quantitative estimate of drug-likeness (QED) is 0.500. The molecule has 8 heteroatoms.